The van der Waals surface area contributed by atoms with E-state index in [4.69, 9.17) is 10.4 Å². The van der Waals surface area contributed by atoms with Crippen LogP contribution in [0.4, 0.5) is 5.69 Å². The van der Waals surface area contributed by atoms with Crippen LogP contribution in [0.3, 0.4) is 0 Å². The minimum Gasteiger partial charge on any atom is -0.393 e. The zero-order chi connectivity index (χ0) is 9.68. The van der Waals surface area contributed by atoms with Crippen LogP contribution in [0, 0.1) is 11.3 Å². The predicted octanol–water partition coefficient (Wildman–Crippen LogP) is 1.75. The van der Waals surface area contributed by atoms with E-state index in [1.807, 2.05) is 30.3 Å². The van der Waals surface area contributed by atoms with Crippen LogP contribution in [0.25, 0.3) is 0 Å². The van der Waals surface area contributed by atoms with Crippen molar-refractivity contribution in [3.63, 3.8) is 0 Å². The van der Waals surface area contributed by atoms with Gasteiger partial charge in [-0.1, -0.05) is 12.1 Å². The van der Waals surface area contributed by atoms with Crippen molar-refractivity contribution >= 4 is 21.6 Å². The van der Waals surface area contributed by atoms with E-state index in [1.165, 1.54) is 0 Å². The molecule has 0 aliphatic carbocycles. The standard InChI is InChI=1S/C9H9BrN2O/c10-8-3-1-2-4-9(8)12-7(5-11)6-13/h1-4,7,12-13H,6H2. The Balaban J connectivity index is 2.74. The third kappa shape index (κ3) is 2.72. The normalized spacial score (nSPS) is 11.8. The quantitative estimate of drug-likeness (QED) is 0.847. The van der Waals surface area contributed by atoms with E-state index in [9.17, 15) is 0 Å². The third-order valence-electron chi connectivity index (χ3n) is 1.54. The predicted molar refractivity (Wildman–Crippen MR) is 54.3 cm³/mol. The molecule has 0 radical (unpaired) electrons. The maximum atomic E-state index is 8.78. The number of hydrogen-bond donors (Lipinski definition) is 2. The third-order valence-corrected chi connectivity index (χ3v) is 2.23. The Bertz CT molecular complexity index is 322. The monoisotopic (exact) mass is 240 g/mol. The van der Waals surface area contributed by atoms with Gasteiger partial charge in [0.1, 0.15) is 6.04 Å². The average molecular weight is 241 g/mol. The summed E-state index contributed by atoms with van der Waals surface area (Å²) in [7, 11) is 0. The van der Waals surface area contributed by atoms with E-state index in [1.54, 1.807) is 0 Å². The fraction of sp³-hybridized carbons (Fsp3) is 0.222. The van der Waals surface area contributed by atoms with Crippen LogP contribution in [-0.4, -0.2) is 17.8 Å². The van der Waals surface area contributed by atoms with Gasteiger partial charge < -0.3 is 10.4 Å². The van der Waals surface area contributed by atoms with Gasteiger partial charge in [0.05, 0.1) is 12.7 Å². The lowest BCUT2D eigenvalue weighted by Gasteiger charge is -2.11. The summed E-state index contributed by atoms with van der Waals surface area (Å²) < 4.78 is 0.878. The number of halogens is 1. The maximum Gasteiger partial charge on any atom is 0.137 e. The molecule has 1 aromatic carbocycles. The first kappa shape index (κ1) is 10.0. The molecule has 0 aliphatic heterocycles. The summed E-state index contributed by atoms with van der Waals surface area (Å²) >= 11 is 3.33. The molecule has 68 valence electrons. The van der Waals surface area contributed by atoms with Crippen LogP contribution in [0.5, 0.6) is 0 Å². The topological polar surface area (TPSA) is 56.0 Å². The average Bonchev–Trinajstić information content (AvgIpc) is 2.17. The van der Waals surface area contributed by atoms with Gasteiger partial charge in [-0.15, -0.1) is 0 Å². The van der Waals surface area contributed by atoms with Crippen LogP contribution in [0.15, 0.2) is 28.7 Å². The van der Waals surface area contributed by atoms with Crippen molar-refractivity contribution < 1.29 is 5.11 Å². The molecule has 3 nitrogen and oxygen atoms in total. The molecule has 0 aliphatic rings. The molecule has 0 heterocycles. The van der Waals surface area contributed by atoms with Gasteiger partial charge in [0, 0.05) is 10.2 Å². The summed E-state index contributed by atoms with van der Waals surface area (Å²) in [6.45, 7) is -0.197. The first-order valence-corrected chi connectivity index (χ1v) is 4.58. The van der Waals surface area contributed by atoms with Crippen molar-refractivity contribution in [2.24, 2.45) is 0 Å². The minimum atomic E-state index is -0.557. The Hall–Kier alpha value is -1.05. The number of rotatable bonds is 3. The summed E-state index contributed by atoms with van der Waals surface area (Å²) in [5.74, 6) is 0. The van der Waals surface area contributed by atoms with E-state index in [2.05, 4.69) is 21.2 Å². The summed E-state index contributed by atoms with van der Waals surface area (Å²) in [4.78, 5) is 0. The van der Waals surface area contributed by atoms with Crippen LogP contribution >= 0.6 is 15.9 Å². The van der Waals surface area contributed by atoms with Gasteiger partial charge in [0.15, 0.2) is 0 Å². The van der Waals surface area contributed by atoms with Crippen molar-refractivity contribution in [3.8, 4) is 6.07 Å². The highest BCUT2D eigenvalue weighted by Crippen LogP contribution is 2.21. The van der Waals surface area contributed by atoms with E-state index in [0.717, 1.165) is 10.2 Å². The van der Waals surface area contributed by atoms with Crippen molar-refractivity contribution in [2.75, 3.05) is 11.9 Å². The molecule has 13 heavy (non-hydrogen) atoms. The second-order valence-electron chi connectivity index (χ2n) is 2.49. The molecule has 1 unspecified atom stereocenters. The van der Waals surface area contributed by atoms with Gasteiger partial charge in [-0.05, 0) is 28.1 Å². The molecular weight excluding hydrogens is 232 g/mol. The highest BCUT2D eigenvalue weighted by atomic mass is 79.9. The van der Waals surface area contributed by atoms with Gasteiger partial charge >= 0.3 is 0 Å². The number of benzene rings is 1. The van der Waals surface area contributed by atoms with Crippen LogP contribution in [0.2, 0.25) is 0 Å². The number of nitrogens with one attached hydrogen (secondary N) is 1. The molecule has 1 rings (SSSR count). The highest BCUT2D eigenvalue weighted by Gasteiger charge is 2.06. The maximum absolute atomic E-state index is 8.78. The Morgan fingerprint density at radius 2 is 2.23 bits per heavy atom. The molecule has 2 N–H and O–H groups in total. The van der Waals surface area contributed by atoms with Crippen LogP contribution in [-0.2, 0) is 0 Å². The number of para-hydroxylation sites is 1. The first-order valence-electron chi connectivity index (χ1n) is 3.79. The number of nitrogens with zero attached hydrogens (tertiary/aromatic N) is 1. The molecular formula is C9H9BrN2O. The van der Waals surface area contributed by atoms with Crippen LogP contribution < -0.4 is 5.32 Å². The molecule has 0 aromatic heterocycles. The van der Waals surface area contributed by atoms with E-state index >= 15 is 0 Å². The summed E-state index contributed by atoms with van der Waals surface area (Å²) in [5, 5.41) is 20.3. The zero-order valence-electron chi connectivity index (χ0n) is 6.87. The lowest BCUT2D eigenvalue weighted by Crippen LogP contribution is -2.21. The van der Waals surface area contributed by atoms with Gasteiger partial charge in [-0.3, -0.25) is 0 Å². The summed E-state index contributed by atoms with van der Waals surface area (Å²) in [6.07, 6.45) is 0. The van der Waals surface area contributed by atoms with Gasteiger partial charge in [0.25, 0.3) is 0 Å². The molecule has 1 atom stereocenters. The Morgan fingerprint density at radius 1 is 1.54 bits per heavy atom. The molecule has 0 fully saturated rings. The Morgan fingerprint density at radius 3 is 2.77 bits per heavy atom. The molecule has 0 spiro atoms. The lowest BCUT2D eigenvalue weighted by atomic mass is 10.3. The Labute approximate surface area is 85.1 Å². The number of aliphatic hydroxyl groups excluding tert-OH is 1. The fourth-order valence-electron chi connectivity index (χ4n) is 0.885. The second kappa shape index (κ2) is 4.85. The van der Waals surface area contributed by atoms with E-state index in [0.29, 0.717) is 0 Å². The number of hydrogen-bond acceptors (Lipinski definition) is 3. The highest BCUT2D eigenvalue weighted by molar-refractivity contribution is 9.10. The fourth-order valence-corrected chi connectivity index (χ4v) is 1.28. The Kier molecular flexibility index (Phi) is 3.74. The van der Waals surface area contributed by atoms with Crippen molar-refractivity contribution in [2.45, 2.75) is 6.04 Å². The molecule has 0 bridgehead atoms. The van der Waals surface area contributed by atoms with Crippen molar-refractivity contribution in [3.05, 3.63) is 28.7 Å². The van der Waals surface area contributed by atoms with Gasteiger partial charge in [0.2, 0.25) is 0 Å². The van der Waals surface area contributed by atoms with Crippen molar-refractivity contribution in [1.82, 2.24) is 0 Å². The number of aliphatic hydroxyl groups is 1. The van der Waals surface area contributed by atoms with E-state index in [-0.39, 0.29) is 6.61 Å². The first-order chi connectivity index (χ1) is 6.27. The largest absolute Gasteiger partial charge is 0.393 e. The van der Waals surface area contributed by atoms with Gasteiger partial charge in [-0.2, -0.15) is 5.26 Å². The molecule has 1 aromatic rings. The lowest BCUT2D eigenvalue weighted by molar-refractivity contribution is 0.293. The van der Waals surface area contributed by atoms with Crippen LogP contribution in [0.1, 0.15) is 0 Å². The molecule has 0 saturated carbocycles. The summed E-state index contributed by atoms with van der Waals surface area (Å²) in [6, 6.07) is 8.84. The van der Waals surface area contributed by atoms with E-state index < -0.39 is 6.04 Å². The summed E-state index contributed by atoms with van der Waals surface area (Å²) in [5.41, 5.74) is 0.808. The zero-order valence-corrected chi connectivity index (χ0v) is 8.45. The second-order valence-corrected chi connectivity index (χ2v) is 3.34. The molecule has 0 amide bonds. The van der Waals surface area contributed by atoms with Crippen molar-refractivity contribution in [1.29, 1.82) is 5.26 Å². The molecule has 4 heteroatoms. The number of nitriles is 1. The molecule has 0 saturated heterocycles. The number of anilines is 1. The minimum absolute atomic E-state index is 0.197. The SMILES string of the molecule is N#CC(CO)Nc1ccccc1Br. The van der Waals surface area contributed by atoms with Gasteiger partial charge in [-0.25, -0.2) is 0 Å². The smallest absolute Gasteiger partial charge is 0.137 e.